The van der Waals surface area contributed by atoms with Gasteiger partial charge in [-0.1, -0.05) is 0 Å². The van der Waals surface area contributed by atoms with Gasteiger partial charge in [-0.2, -0.15) is 4.98 Å². The van der Waals surface area contributed by atoms with Gasteiger partial charge in [-0.3, -0.25) is 0 Å². The van der Waals surface area contributed by atoms with E-state index < -0.39 is 12.5 Å². The molecule has 0 aliphatic rings. The predicted molar refractivity (Wildman–Crippen MR) is 53.8 cm³/mol. The predicted octanol–water partition coefficient (Wildman–Crippen LogP) is 0.832. The van der Waals surface area contributed by atoms with Gasteiger partial charge >= 0.3 is 0 Å². The van der Waals surface area contributed by atoms with Crippen molar-refractivity contribution in [1.29, 1.82) is 0 Å². The second kappa shape index (κ2) is 5.55. The first-order chi connectivity index (χ1) is 7.52. The minimum Gasteiger partial charge on any atom is -0.481 e. The van der Waals surface area contributed by atoms with Gasteiger partial charge in [0, 0.05) is 18.3 Å². The first-order valence-electron chi connectivity index (χ1n) is 4.62. The Balaban J connectivity index is 2.63. The summed E-state index contributed by atoms with van der Waals surface area (Å²) in [6, 6.07) is 1.61. The molecular formula is C9H13F2N3O2. The van der Waals surface area contributed by atoms with Crippen LogP contribution in [0.25, 0.3) is 0 Å². The number of hydrogen-bond acceptors (Lipinski definition) is 5. The highest BCUT2D eigenvalue weighted by Gasteiger charge is 2.16. The molecule has 7 heteroatoms. The van der Waals surface area contributed by atoms with Crippen molar-refractivity contribution in [1.82, 2.24) is 9.97 Å². The minimum absolute atomic E-state index is 0.150. The van der Waals surface area contributed by atoms with Crippen molar-refractivity contribution in [3.05, 3.63) is 11.8 Å². The van der Waals surface area contributed by atoms with Crippen LogP contribution in [-0.4, -0.2) is 41.3 Å². The van der Waals surface area contributed by atoms with E-state index in [9.17, 15) is 8.78 Å². The summed E-state index contributed by atoms with van der Waals surface area (Å²) in [5, 5.41) is 11.4. The molecule has 0 aliphatic carbocycles. The van der Waals surface area contributed by atoms with Crippen molar-refractivity contribution in [3.63, 3.8) is 0 Å². The smallest absolute Gasteiger partial charge is 0.265 e. The topological polar surface area (TPSA) is 67.3 Å². The lowest BCUT2D eigenvalue weighted by Gasteiger charge is -2.11. The van der Waals surface area contributed by atoms with Crippen LogP contribution in [0.5, 0.6) is 5.88 Å². The van der Waals surface area contributed by atoms with Crippen LogP contribution in [-0.2, 0) is 0 Å². The third-order valence-corrected chi connectivity index (χ3v) is 1.80. The molecule has 5 nitrogen and oxygen atoms in total. The number of ether oxygens (including phenoxy) is 1. The molecule has 0 amide bonds. The number of aryl methyl sites for hydroxylation is 1. The monoisotopic (exact) mass is 233 g/mol. The van der Waals surface area contributed by atoms with E-state index in [1.807, 2.05) is 0 Å². The number of aromatic nitrogens is 2. The molecule has 0 saturated heterocycles. The van der Waals surface area contributed by atoms with E-state index in [1.165, 1.54) is 7.11 Å². The molecule has 16 heavy (non-hydrogen) atoms. The van der Waals surface area contributed by atoms with Gasteiger partial charge in [0.1, 0.15) is 6.10 Å². The van der Waals surface area contributed by atoms with Crippen LogP contribution in [0.4, 0.5) is 14.7 Å². The maximum absolute atomic E-state index is 12.0. The van der Waals surface area contributed by atoms with E-state index in [2.05, 4.69) is 15.3 Å². The van der Waals surface area contributed by atoms with Crippen LogP contribution in [0.15, 0.2) is 6.07 Å². The average Bonchev–Trinajstić information content (AvgIpc) is 2.24. The molecule has 0 spiro atoms. The zero-order chi connectivity index (χ0) is 12.1. The Labute approximate surface area is 91.5 Å². The summed E-state index contributed by atoms with van der Waals surface area (Å²) in [6.07, 6.45) is -4.53. The molecule has 0 aliphatic heterocycles. The molecule has 0 radical (unpaired) electrons. The molecule has 1 atom stereocenters. The standard InChI is InChI=1S/C9H13F2N3O2/c1-5-3-7(16-2)14-9(13-5)12-4-6(15)8(10)11/h3,6,8,15H,4H2,1-2H3,(H,12,13,14). The zero-order valence-corrected chi connectivity index (χ0v) is 8.94. The summed E-state index contributed by atoms with van der Waals surface area (Å²) >= 11 is 0. The maximum atomic E-state index is 12.0. The lowest BCUT2D eigenvalue weighted by Crippen LogP contribution is -2.27. The zero-order valence-electron chi connectivity index (χ0n) is 8.94. The molecule has 0 fully saturated rings. The molecule has 2 N–H and O–H groups in total. The van der Waals surface area contributed by atoms with E-state index >= 15 is 0 Å². The van der Waals surface area contributed by atoms with Crippen LogP contribution >= 0.6 is 0 Å². The number of aliphatic hydroxyl groups is 1. The largest absolute Gasteiger partial charge is 0.481 e. The number of methoxy groups -OCH3 is 1. The highest BCUT2D eigenvalue weighted by Crippen LogP contribution is 2.11. The van der Waals surface area contributed by atoms with Gasteiger partial charge in [0.2, 0.25) is 11.8 Å². The summed E-state index contributed by atoms with van der Waals surface area (Å²) in [5.41, 5.74) is 0.640. The fourth-order valence-electron chi connectivity index (χ4n) is 1.01. The molecule has 0 aromatic carbocycles. The van der Waals surface area contributed by atoms with Crippen LogP contribution in [0.2, 0.25) is 0 Å². The number of nitrogens with one attached hydrogen (secondary N) is 1. The molecule has 0 bridgehead atoms. The number of hydrogen-bond donors (Lipinski definition) is 2. The van der Waals surface area contributed by atoms with E-state index in [4.69, 9.17) is 9.84 Å². The number of nitrogens with zero attached hydrogens (tertiary/aromatic N) is 2. The Morgan fingerprint density at radius 1 is 1.50 bits per heavy atom. The van der Waals surface area contributed by atoms with Gasteiger partial charge in [0.05, 0.1) is 7.11 Å². The Kier molecular flexibility index (Phi) is 4.36. The number of aliphatic hydroxyl groups excluding tert-OH is 1. The van der Waals surface area contributed by atoms with Crippen molar-refractivity contribution >= 4 is 5.95 Å². The summed E-state index contributed by atoms with van der Waals surface area (Å²) in [4.78, 5) is 7.84. The normalized spacial score (nSPS) is 12.6. The summed E-state index contributed by atoms with van der Waals surface area (Å²) in [7, 11) is 1.44. The highest BCUT2D eigenvalue weighted by molar-refractivity contribution is 5.30. The van der Waals surface area contributed by atoms with Crippen LogP contribution < -0.4 is 10.1 Å². The van der Waals surface area contributed by atoms with Gasteiger partial charge in [0.15, 0.2) is 0 Å². The van der Waals surface area contributed by atoms with Gasteiger partial charge in [-0.25, -0.2) is 13.8 Å². The van der Waals surface area contributed by atoms with Crippen molar-refractivity contribution < 1.29 is 18.6 Å². The Hall–Kier alpha value is -1.50. The number of rotatable bonds is 5. The van der Waals surface area contributed by atoms with E-state index in [0.717, 1.165) is 0 Å². The highest BCUT2D eigenvalue weighted by atomic mass is 19.3. The van der Waals surface area contributed by atoms with Gasteiger partial charge in [0.25, 0.3) is 6.43 Å². The third kappa shape index (κ3) is 3.58. The van der Waals surface area contributed by atoms with Crippen LogP contribution in [0.1, 0.15) is 5.69 Å². The molecule has 1 aromatic rings. The quantitative estimate of drug-likeness (QED) is 0.788. The van der Waals surface area contributed by atoms with E-state index in [1.54, 1.807) is 13.0 Å². The molecule has 1 rings (SSSR count). The van der Waals surface area contributed by atoms with Crippen molar-refractivity contribution in [2.45, 2.75) is 19.5 Å². The summed E-state index contributed by atoms with van der Waals surface area (Å²) < 4.78 is 28.9. The lowest BCUT2D eigenvalue weighted by atomic mass is 10.4. The van der Waals surface area contributed by atoms with Gasteiger partial charge < -0.3 is 15.2 Å². The summed E-state index contributed by atoms with van der Waals surface area (Å²) in [6.45, 7) is 1.41. The average molecular weight is 233 g/mol. The van der Waals surface area contributed by atoms with Gasteiger partial charge in [-0.05, 0) is 6.92 Å². The van der Waals surface area contributed by atoms with Gasteiger partial charge in [-0.15, -0.1) is 0 Å². The lowest BCUT2D eigenvalue weighted by molar-refractivity contribution is 0.00376. The number of alkyl halides is 2. The first-order valence-corrected chi connectivity index (χ1v) is 4.62. The molecule has 90 valence electrons. The maximum Gasteiger partial charge on any atom is 0.265 e. The minimum atomic E-state index is -2.79. The molecule has 0 saturated carbocycles. The van der Waals surface area contributed by atoms with Crippen molar-refractivity contribution in [3.8, 4) is 5.88 Å². The third-order valence-electron chi connectivity index (χ3n) is 1.80. The van der Waals surface area contributed by atoms with Crippen molar-refractivity contribution in [2.75, 3.05) is 19.0 Å². The Bertz CT molecular complexity index is 350. The van der Waals surface area contributed by atoms with E-state index in [-0.39, 0.29) is 12.5 Å². The fraction of sp³-hybridized carbons (Fsp3) is 0.556. The second-order valence-electron chi connectivity index (χ2n) is 3.16. The summed E-state index contributed by atoms with van der Waals surface area (Å²) in [5.74, 6) is 0.484. The van der Waals surface area contributed by atoms with Crippen LogP contribution in [0.3, 0.4) is 0 Å². The molecular weight excluding hydrogens is 220 g/mol. The number of anilines is 1. The first kappa shape index (κ1) is 12.6. The molecule has 1 aromatic heterocycles. The van der Waals surface area contributed by atoms with Crippen LogP contribution in [0, 0.1) is 6.92 Å². The fourth-order valence-corrected chi connectivity index (χ4v) is 1.01. The van der Waals surface area contributed by atoms with E-state index in [0.29, 0.717) is 11.6 Å². The Morgan fingerprint density at radius 3 is 2.75 bits per heavy atom. The Morgan fingerprint density at radius 2 is 2.19 bits per heavy atom. The second-order valence-corrected chi connectivity index (χ2v) is 3.16. The van der Waals surface area contributed by atoms with Crippen molar-refractivity contribution in [2.24, 2.45) is 0 Å². The molecule has 1 heterocycles. The molecule has 1 unspecified atom stereocenters. The number of halogens is 2. The SMILES string of the molecule is COc1cc(C)nc(NCC(O)C(F)F)n1.